The van der Waals surface area contributed by atoms with Crippen LogP contribution in [-0.4, -0.2) is 40.6 Å². The maximum atomic E-state index is 12.7. The minimum atomic E-state index is 0.0846. The van der Waals surface area contributed by atoms with E-state index >= 15 is 0 Å². The molecule has 6 heteroatoms. The predicted molar refractivity (Wildman–Crippen MR) is 90.5 cm³/mol. The van der Waals surface area contributed by atoms with E-state index in [1.165, 1.54) is 0 Å². The van der Waals surface area contributed by atoms with Gasteiger partial charge < -0.3 is 14.7 Å². The first kappa shape index (κ1) is 16.6. The molecule has 1 fully saturated rings. The van der Waals surface area contributed by atoms with E-state index in [-0.39, 0.29) is 17.9 Å². The van der Waals surface area contributed by atoms with Gasteiger partial charge in [-0.3, -0.25) is 4.79 Å². The van der Waals surface area contributed by atoms with Gasteiger partial charge in [0.2, 0.25) is 11.8 Å². The number of carbonyl (C=O) groups is 1. The fourth-order valence-corrected chi connectivity index (χ4v) is 2.94. The molecule has 1 aliphatic heterocycles. The number of rotatable bonds is 5. The third kappa shape index (κ3) is 3.82. The summed E-state index contributed by atoms with van der Waals surface area (Å²) in [7, 11) is 0. The monoisotopic (exact) mass is 328 g/mol. The van der Waals surface area contributed by atoms with Crippen molar-refractivity contribution < 1.29 is 9.32 Å². The van der Waals surface area contributed by atoms with Gasteiger partial charge in [-0.2, -0.15) is 4.98 Å². The molecule has 24 heavy (non-hydrogen) atoms. The molecule has 1 amide bonds. The van der Waals surface area contributed by atoms with E-state index in [1.54, 1.807) is 0 Å². The van der Waals surface area contributed by atoms with Crippen LogP contribution in [-0.2, 0) is 11.2 Å². The summed E-state index contributed by atoms with van der Waals surface area (Å²) in [5, 5.41) is 7.32. The van der Waals surface area contributed by atoms with Crippen LogP contribution in [0.4, 0.5) is 0 Å². The third-order valence-electron chi connectivity index (χ3n) is 4.30. The molecule has 3 rings (SSSR count). The highest BCUT2D eigenvalue weighted by molar-refractivity contribution is 5.77. The number of benzene rings is 1. The lowest BCUT2D eigenvalue weighted by Gasteiger charge is -2.36. The highest BCUT2D eigenvalue weighted by Crippen LogP contribution is 2.23. The average molecular weight is 328 g/mol. The van der Waals surface area contributed by atoms with Crippen LogP contribution in [0.2, 0.25) is 0 Å². The Bertz CT molecular complexity index is 669. The number of nitrogens with one attached hydrogen (secondary N) is 1. The second-order valence-corrected chi connectivity index (χ2v) is 6.42. The number of hydrogen-bond donors (Lipinski definition) is 1. The second-order valence-electron chi connectivity index (χ2n) is 6.42. The number of piperazine rings is 1. The molecule has 0 aliphatic carbocycles. The molecule has 1 aromatic carbocycles. The van der Waals surface area contributed by atoms with E-state index in [1.807, 2.05) is 36.9 Å². The van der Waals surface area contributed by atoms with Crippen LogP contribution in [0.5, 0.6) is 0 Å². The molecule has 6 nitrogen and oxygen atoms in total. The Labute approximate surface area is 142 Å². The Morgan fingerprint density at radius 3 is 2.88 bits per heavy atom. The SMILES string of the molecule is CC(C)c1noc(CCC(=O)N2CCNC[C@@H]2c2ccccc2)n1. The molecule has 1 N–H and O–H groups in total. The van der Waals surface area contributed by atoms with Crippen molar-refractivity contribution in [3.63, 3.8) is 0 Å². The zero-order valence-electron chi connectivity index (χ0n) is 14.2. The summed E-state index contributed by atoms with van der Waals surface area (Å²) in [5.74, 6) is 1.60. The van der Waals surface area contributed by atoms with Crippen LogP contribution in [0.25, 0.3) is 0 Å². The summed E-state index contributed by atoms with van der Waals surface area (Å²) in [6.07, 6.45) is 0.882. The number of nitrogens with zero attached hydrogens (tertiary/aromatic N) is 3. The largest absolute Gasteiger partial charge is 0.339 e. The van der Waals surface area contributed by atoms with Crippen molar-refractivity contribution in [3.05, 3.63) is 47.6 Å². The molecule has 128 valence electrons. The molecule has 0 radical (unpaired) electrons. The van der Waals surface area contributed by atoms with E-state index in [4.69, 9.17) is 4.52 Å². The van der Waals surface area contributed by atoms with Gasteiger partial charge in [-0.05, 0) is 5.56 Å². The van der Waals surface area contributed by atoms with E-state index in [0.717, 1.165) is 25.2 Å². The average Bonchev–Trinajstić information content (AvgIpc) is 3.10. The number of hydrogen-bond acceptors (Lipinski definition) is 5. The van der Waals surface area contributed by atoms with Gasteiger partial charge in [-0.25, -0.2) is 0 Å². The lowest BCUT2D eigenvalue weighted by molar-refractivity contribution is -0.134. The van der Waals surface area contributed by atoms with Crippen molar-refractivity contribution >= 4 is 5.91 Å². The topological polar surface area (TPSA) is 71.3 Å². The van der Waals surface area contributed by atoms with Crippen molar-refractivity contribution in [3.8, 4) is 0 Å². The Morgan fingerprint density at radius 1 is 1.38 bits per heavy atom. The van der Waals surface area contributed by atoms with Crippen LogP contribution in [0.3, 0.4) is 0 Å². The maximum Gasteiger partial charge on any atom is 0.227 e. The lowest BCUT2D eigenvalue weighted by Crippen LogP contribution is -2.48. The summed E-state index contributed by atoms with van der Waals surface area (Å²) in [5.41, 5.74) is 1.16. The summed E-state index contributed by atoms with van der Waals surface area (Å²) < 4.78 is 5.23. The molecule has 1 saturated heterocycles. The lowest BCUT2D eigenvalue weighted by atomic mass is 10.0. The van der Waals surface area contributed by atoms with Crippen molar-refractivity contribution in [1.29, 1.82) is 0 Å². The Morgan fingerprint density at radius 2 is 2.17 bits per heavy atom. The normalized spacial score (nSPS) is 18.1. The zero-order chi connectivity index (χ0) is 16.9. The van der Waals surface area contributed by atoms with Gasteiger partial charge in [0.1, 0.15) is 0 Å². The van der Waals surface area contributed by atoms with Crippen molar-refractivity contribution in [2.45, 2.75) is 38.6 Å². The minimum Gasteiger partial charge on any atom is -0.339 e. The smallest absolute Gasteiger partial charge is 0.227 e. The van der Waals surface area contributed by atoms with Gasteiger partial charge in [0.15, 0.2) is 5.82 Å². The van der Waals surface area contributed by atoms with E-state index in [0.29, 0.717) is 24.6 Å². The molecule has 1 atom stereocenters. The van der Waals surface area contributed by atoms with E-state index < -0.39 is 0 Å². The summed E-state index contributed by atoms with van der Waals surface area (Å²) in [4.78, 5) is 19.0. The number of aromatic nitrogens is 2. The Hall–Kier alpha value is -2.21. The fourth-order valence-electron chi connectivity index (χ4n) is 2.94. The van der Waals surface area contributed by atoms with Gasteiger partial charge in [-0.15, -0.1) is 0 Å². The van der Waals surface area contributed by atoms with Crippen LogP contribution in [0, 0.1) is 0 Å². The van der Waals surface area contributed by atoms with E-state index in [9.17, 15) is 4.79 Å². The Balaban J connectivity index is 1.63. The van der Waals surface area contributed by atoms with Crippen molar-refractivity contribution in [2.75, 3.05) is 19.6 Å². The molecule has 1 aromatic heterocycles. The molecular formula is C18H24N4O2. The van der Waals surface area contributed by atoms with Crippen LogP contribution in [0.1, 0.15) is 49.5 Å². The van der Waals surface area contributed by atoms with Gasteiger partial charge in [0, 0.05) is 38.4 Å². The molecule has 2 aromatic rings. The van der Waals surface area contributed by atoms with Crippen LogP contribution < -0.4 is 5.32 Å². The standard InChI is InChI=1S/C18H24N4O2/c1-13(2)18-20-16(24-21-18)8-9-17(23)22-11-10-19-12-15(22)14-6-4-3-5-7-14/h3-7,13,15,19H,8-12H2,1-2H3/t15-/m1/s1. The third-order valence-corrected chi connectivity index (χ3v) is 4.30. The summed E-state index contributed by atoms with van der Waals surface area (Å²) in [6, 6.07) is 10.3. The summed E-state index contributed by atoms with van der Waals surface area (Å²) >= 11 is 0. The highest BCUT2D eigenvalue weighted by atomic mass is 16.5. The maximum absolute atomic E-state index is 12.7. The zero-order valence-corrected chi connectivity index (χ0v) is 14.2. The van der Waals surface area contributed by atoms with Crippen LogP contribution >= 0.6 is 0 Å². The number of aryl methyl sites for hydroxylation is 1. The van der Waals surface area contributed by atoms with Gasteiger partial charge in [0.05, 0.1) is 6.04 Å². The molecular weight excluding hydrogens is 304 g/mol. The minimum absolute atomic E-state index is 0.0846. The second kappa shape index (κ2) is 7.57. The molecule has 0 bridgehead atoms. The van der Waals surface area contributed by atoms with Crippen LogP contribution in [0.15, 0.2) is 34.9 Å². The first-order valence-electron chi connectivity index (χ1n) is 8.52. The first-order valence-corrected chi connectivity index (χ1v) is 8.52. The Kier molecular flexibility index (Phi) is 5.25. The first-order chi connectivity index (χ1) is 11.6. The molecule has 1 aliphatic rings. The molecule has 2 heterocycles. The van der Waals surface area contributed by atoms with Gasteiger partial charge in [0.25, 0.3) is 0 Å². The molecule has 0 spiro atoms. The number of amides is 1. The van der Waals surface area contributed by atoms with Gasteiger partial charge in [-0.1, -0.05) is 49.3 Å². The fraction of sp³-hybridized carbons (Fsp3) is 0.500. The van der Waals surface area contributed by atoms with Crippen molar-refractivity contribution in [2.24, 2.45) is 0 Å². The quantitative estimate of drug-likeness (QED) is 0.912. The predicted octanol–water partition coefficient (Wildman–Crippen LogP) is 2.30. The molecule has 0 saturated carbocycles. The van der Waals surface area contributed by atoms with Gasteiger partial charge >= 0.3 is 0 Å². The number of carbonyl (C=O) groups excluding carboxylic acids is 1. The highest BCUT2D eigenvalue weighted by Gasteiger charge is 2.27. The summed E-state index contributed by atoms with van der Waals surface area (Å²) in [6.45, 7) is 6.37. The van der Waals surface area contributed by atoms with E-state index in [2.05, 4.69) is 27.6 Å². The molecule has 0 unspecified atom stereocenters. The van der Waals surface area contributed by atoms with Crippen molar-refractivity contribution in [1.82, 2.24) is 20.4 Å².